The SMILES string of the molecule is CC1CCCCCN1c1ncc(Br)cc1CNC1CC1. The maximum Gasteiger partial charge on any atom is 0.133 e. The van der Waals surface area contributed by atoms with Gasteiger partial charge in [-0.05, 0) is 54.6 Å². The molecule has 0 bridgehead atoms. The van der Waals surface area contributed by atoms with Crippen LogP contribution in [0, 0.1) is 0 Å². The van der Waals surface area contributed by atoms with Crippen LogP contribution in [0.15, 0.2) is 16.7 Å². The molecule has 2 heterocycles. The summed E-state index contributed by atoms with van der Waals surface area (Å²) in [5.74, 6) is 1.19. The fraction of sp³-hybridized carbons (Fsp3) is 0.688. The molecule has 0 aromatic carbocycles. The Morgan fingerprint density at radius 1 is 1.30 bits per heavy atom. The second-order valence-corrected chi connectivity index (χ2v) is 7.10. The fourth-order valence-electron chi connectivity index (χ4n) is 2.99. The van der Waals surface area contributed by atoms with Crippen LogP contribution in [-0.2, 0) is 6.54 Å². The molecule has 2 fully saturated rings. The van der Waals surface area contributed by atoms with Crippen molar-refractivity contribution in [1.82, 2.24) is 10.3 Å². The van der Waals surface area contributed by atoms with Gasteiger partial charge in [-0.3, -0.25) is 0 Å². The number of aromatic nitrogens is 1. The van der Waals surface area contributed by atoms with Crippen molar-refractivity contribution in [3.63, 3.8) is 0 Å². The Morgan fingerprint density at radius 2 is 2.15 bits per heavy atom. The van der Waals surface area contributed by atoms with Gasteiger partial charge < -0.3 is 10.2 Å². The number of pyridine rings is 1. The van der Waals surface area contributed by atoms with Gasteiger partial charge in [0.05, 0.1) is 0 Å². The van der Waals surface area contributed by atoms with Gasteiger partial charge in [-0.2, -0.15) is 0 Å². The zero-order valence-electron chi connectivity index (χ0n) is 12.2. The molecule has 0 spiro atoms. The average Bonchev–Trinajstić information content (AvgIpc) is 3.25. The summed E-state index contributed by atoms with van der Waals surface area (Å²) in [4.78, 5) is 7.25. The molecule has 3 rings (SSSR count). The van der Waals surface area contributed by atoms with Crippen LogP contribution < -0.4 is 10.2 Å². The van der Waals surface area contributed by atoms with Crippen LogP contribution in [0.5, 0.6) is 0 Å². The summed E-state index contributed by atoms with van der Waals surface area (Å²) >= 11 is 3.56. The second-order valence-electron chi connectivity index (χ2n) is 6.18. The summed E-state index contributed by atoms with van der Waals surface area (Å²) in [6.45, 7) is 4.43. The van der Waals surface area contributed by atoms with E-state index in [1.807, 2.05) is 6.20 Å². The largest absolute Gasteiger partial charge is 0.354 e. The molecule has 1 aliphatic heterocycles. The zero-order valence-corrected chi connectivity index (χ0v) is 13.8. The van der Waals surface area contributed by atoms with Crippen LogP contribution in [0.2, 0.25) is 0 Å². The molecule has 20 heavy (non-hydrogen) atoms. The van der Waals surface area contributed by atoms with Crippen molar-refractivity contribution in [3.8, 4) is 0 Å². The average molecular weight is 338 g/mol. The van der Waals surface area contributed by atoms with E-state index in [4.69, 9.17) is 4.98 Å². The highest BCUT2D eigenvalue weighted by Crippen LogP contribution is 2.28. The molecule has 110 valence electrons. The van der Waals surface area contributed by atoms with Crippen molar-refractivity contribution in [2.45, 2.75) is 64.1 Å². The minimum Gasteiger partial charge on any atom is -0.354 e. The minimum absolute atomic E-state index is 0.603. The van der Waals surface area contributed by atoms with Gasteiger partial charge in [-0.15, -0.1) is 0 Å². The second kappa shape index (κ2) is 6.44. The van der Waals surface area contributed by atoms with Gasteiger partial charge in [-0.25, -0.2) is 4.98 Å². The predicted molar refractivity (Wildman–Crippen MR) is 87.1 cm³/mol. The number of nitrogens with zero attached hydrogens (tertiary/aromatic N) is 2. The summed E-state index contributed by atoms with van der Waals surface area (Å²) in [5, 5.41) is 3.62. The van der Waals surface area contributed by atoms with Gasteiger partial charge >= 0.3 is 0 Å². The van der Waals surface area contributed by atoms with Gasteiger partial charge in [0.25, 0.3) is 0 Å². The van der Waals surface area contributed by atoms with Gasteiger partial charge in [0.1, 0.15) is 5.82 Å². The van der Waals surface area contributed by atoms with Crippen LogP contribution in [0.1, 0.15) is 51.0 Å². The molecule has 0 amide bonds. The lowest BCUT2D eigenvalue weighted by molar-refractivity contribution is 0.604. The monoisotopic (exact) mass is 337 g/mol. The minimum atomic E-state index is 0.603. The number of anilines is 1. The van der Waals surface area contributed by atoms with Crippen molar-refractivity contribution >= 4 is 21.7 Å². The number of hydrogen-bond donors (Lipinski definition) is 1. The number of hydrogen-bond acceptors (Lipinski definition) is 3. The number of rotatable bonds is 4. The molecule has 2 aliphatic rings. The Hall–Kier alpha value is -0.610. The molecule has 4 heteroatoms. The first-order valence-electron chi connectivity index (χ1n) is 7.88. The van der Waals surface area contributed by atoms with E-state index in [2.05, 4.69) is 39.1 Å². The third-order valence-corrected chi connectivity index (χ3v) is 4.83. The summed E-state index contributed by atoms with van der Waals surface area (Å²) in [7, 11) is 0. The molecule has 1 saturated carbocycles. The van der Waals surface area contributed by atoms with Crippen molar-refractivity contribution in [1.29, 1.82) is 0 Å². The van der Waals surface area contributed by atoms with Crippen LogP contribution in [-0.4, -0.2) is 23.6 Å². The molecule has 1 aromatic rings. The van der Waals surface area contributed by atoms with Crippen molar-refractivity contribution in [2.75, 3.05) is 11.4 Å². The normalized spacial score (nSPS) is 23.7. The highest BCUT2D eigenvalue weighted by Gasteiger charge is 2.23. The van der Waals surface area contributed by atoms with Gasteiger partial charge in [0, 0.05) is 41.4 Å². The fourth-order valence-corrected chi connectivity index (χ4v) is 3.37. The van der Waals surface area contributed by atoms with Crippen LogP contribution in [0.3, 0.4) is 0 Å². The molecule has 1 N–H and O–H groups in total. The van der Waals surface area contributed by atoms with Crippen molar-refractivity contribution in [3.05, 3.63) is 22.3 Å². The molecule has 0 radical (unpaired) electrons. The van der Waals surface area contributed by atoms with E-state index >= 15 is 0 Å². The van der Waals surface area contributed by atoms with E-state index in [0.717, 1.165) is 23.6 Å². The maximum absolute atomic E-state index is 4.73. The van der Waals surface area contributed by atoms with E-state index in [-0.39, 0.29) is 0 Å². The summed E-state index contributed by atoms with van der Waals surface area (Å²) in [5.41, 5.74) is 1.33. The lowest BCUT2D eigenvalue weighted by Gasteiger charge is -2.30. The first kappa shape index (κ1) is 14.3. The third kappa shape index (κ3) is 3.53. The van der Waals surface area contributed by atoms with Gasteiger partial charge in [0.2, 0.25) is 0 Å². The third-order valence-electron chi connectivity index (χ3n) is 4.39. The van der Waals surface area contributed by atoms with Gasteiger partial charge in [0.15, 0.2) is 0 Å². The van der Waals surface area contributed by atoms with Crippen LogP contribution >= 0.6 is 15.9 Å². The van der Waals surface area contributed by atoms with E-state index in [9.17, 15) is 0 Å². The van der Waals surface area contributed by atoms with Crippen LogP contribution in [0.4, 0.5) is 5.82 Å². The van der Waals surface area contributed by atoms with E-state index in [1.54, 1.807) is 0 Å². The Labute approximate surface area is 130 Å². The molecule has 1 atom stereocenters. The lowest BCUT2D eigenvalue weighted by Crippen LogP contribution is -2.34. The van der Waals surface area contributed by atoms with Crippen molar-refractivity contribution < 1.29 is 0 Å². The highest BCUT2D eigenvalue weighted by molar-refractivity contribution is 9.10. The Bertz CT molecular complexity index is 459. The molecule has 1 unspecified atom stereocenters. The Balaban J connectivity index is 1.81. The predicted octanol–water partition coefficient (Wildman–Crippen LogP) is 3.87. The molecular formula is C16H24BrN3. The van der Waals surface area contributed by atoms with Crippen molar-refractivity contribution in [2.24, 2.45) is 0 Å². The quantitative estimate of drug-likeness (QED) is 0.903. The molecule has 1 aromatic heterocycles. The lowest BCUT2D eigenvalue weighted by atomic mass is 10.1. The van der Waals surface area contributed by atoms with Crippen LogP contribution in [0.25, 0.3) is 0 Å². The molecule has 1 saturated heterocycles. The first-order chi connectivity index (χ1) is 9.74. The standard InChI is InChI=1S/C16H24BrN3/c1-12-5-3-2-4-8-20(12)16-13(9-14(17)11-19-16)10-18-15-6-7-15/h9,11-12,15,18H,2-8,10H2,1H3. The number of nitrogens with one attached hydrogen (secondary N) is 1. The van der Waals surface area contributed by atoms with E-state index in [0.29, 0.717) is 6.04 Å². The summed E-state index contributed by atoms with van der Waals surface area (Å²) in [6, 6.07) is 3.57. The smallest absolute Gasteiger partial charge is 0.133 e. The number of halogens is 1. The van der Waals surface area contributed by atoms with Gasteiger partial charge in [-0.1, -0.05) is 12.8 Å². The molecule has 3 nitrogen and oxygen atoms in total. The summed E-state index contributed by atoms with van der Waals surface area (Å²) in [6.07, 6.45) is 9.88. The zero-order chi connectivity index (χ0) is 13.9. The summed E-state index contributed by atoms with van der Waals surface area (Å²) < 4.78 is 1.08. The Morgan fingerprint density at radius 3 is 2.95 bits per heavy atom. The van der Waals surface area contributed by atoms with E-state index < -0.39 is 0 Å². The maximum atomic E-state index is 4.73. The van der Waals surface area contributed by atoms with E-state index in [1.165, 1.54) is 49.9 Å². The first-order valence-corrected chi connectivity index (χ1v) is 8.68. The molecule has 1 aliphatic carbocycles. The molecular weight excluding hydrogens is 314 g/mol. The Kier molecular flexibility index (Phi) is 4.61. The topological polar surface area (TPSA) is 28.2 Å². The highest BCUT2D eigenvalue weighted by atomic mass is 79.9.